The Hall–Kier alpha value is -1.84. The van der Waals surface area contributed by atoms with Gasteiger partial charge in [-0.1, -0.05) is 11.6 Å². The van der Waals surface area contributed by atoms with Crippen LogP contribution in [0.5, 0.6) is 5.75 Å². The normalized spacial score (nSPS) is 30.1. The molecular weight excluding hydrogens is 208 g/mol. The summed E-state index contributed by atoms with van der Waals surface area (Å²) < 4.78 is 5.46. The molecule has 0 aromatic heterocycles. The number of benzene rings is 1. The van der Waals surface area contributed by atoms with Gasteiger partial charge >= 0.3 is 5.97 Å². The summed E-state index contributed by atoms with van der Waals surface area (Å²) in [6, 6.07) is 5.23. The molecular formula is C12H10O4. The summed E-state index contributed by atoms with van der Waals surface area (Å²) in [7, 11) is 0. The van der Waals surface area contributed by atoms with Gasteiger partial charge in [0, 0.05) is 6.42 Å². The van der Waals surface area contributed by atoms with Crippen molar-refractivity contribution in [3.05, 3.63) is 29.3 Å². The van der Waals surface area contributed by atoms with E-state index in [1.165, 1.54) is 0 Å². The zero-order chi connectivity index (χ0) is 11.5. The van der Waals surface area contributed by atoms with Gasteiger partial charge < -0.3 is 9.84 Å². The lowest BCUT2D eigenvalue weighted by Gasteiger charge is -2.22. The summed E-state index contributed by atoms with van der Waals surface area (Å²) in [6.07, 6.45) is 0.287. The molecule has 0 bridgehead atoms. The number of carbonyl (C=O) groups is 2. The van der Waals surface area contributed by atoms with E-state index in [2.05, 4.69) is 0 Å². The number of carboxylic acid groups (broad SMARTS) is 1. The van der Waals surface area contributed by atoms with E-state index in [0.717, 1.165) is 5.56 Å². The van der Waals surface area contributed by atoms with Crippen molar-refractivity contribution in [1.29, 1.82) is 0 Å². The van der Waals surface area contributed by atoms with Crippen LogP contribution >= 0.6 is 0 Å². The Labute approximate surface area is 91.8 Å². The summed E-state index contributed by atoms with van der Waals surface area (Å²) in [6.45, 7) is 1.89. The SMILES string of the molecule is Cc1ccc2c(c1)C(=O)C1CC1(C(=O)O)O2. The zero-order valence-corrected chi connectivity index (χ0v) is 8.69. The average Bonchev–Trinajstić information content (AvgIpc) is 2.96. The van der Waals surface area contributed by atoms with E-state index in [1.807, 2.05) is 13.0 Å². The van der Waals surface area contributed by atoms with Gasteiger partial charge in [-0.3, -0.25) is 4.79 Å². The Balaban J connectivity index is 2.11. The number of hydrogen-bond acceptors (Lipinski definition) is 3. The molecule has 1 aliphatic carbocycles. The van der Waals surface area contributed by atoms with E-state index >= 15 is 0 Å². The molecule has 0 spiro atoms. The van der Waals surface area contributed by atoms with Crippen LogP contribution in [0.2, 0.25) is 0 Å². The fourth-order valence-electron chi connectivity index (χ4n) is 2.25. The molecule has 0 amide bonds. The molecule has 2 atom stereocenters. The lowest BCUT2D eigenvalue weighted by Crippen LogP contribution is -2.37. The first-order chi connectivity index (χ1) is 7.54. The average molecular weight is 218 g/mol. The van der Waals surface area contributed by atoms with Crippen LogP contribution in [-0.2, 0) is 4.79 Å². The Morgan fingerprint density at radius 3 is 3.00 bits per heavy atom. The van der Waals surface area contributed by atoms with Crippen LogP contribution in [0.4, 0.5) is 0 Å². The summed E-state index contributed by atoms with van der Waals surface area (Å²) in [5, 5.41) is 9.06. The highest BCUT2D eigenvalue weighted by molar-refractivity contribution is 6.09. The first-order valence-corrected chi connectivity index (χ1v) is 5.12. The third kappa shape index (κ3) is 0.988. The number of aryl methyl sites for hydroxylation is 1. The van der Waals surface area contributed by atoms with Crippen LogP contribution in [0.1, 0.15) is 22.3 Å². The maximum Gasteiger partial charge on any atom is 0.348 e. The van der Waals surface area contributed by atoms with E-state index in [-0.39, 0.29) is 12.2 Å². The van der Waals surface area contributed by atoms with Crippen molar-refractivity contribution in [3.63, 3.8) is 0 Å². The highest BCUT2D eigenvalue weighted by Crippen LogP contribution is 2.53. The predicted octanol–water partition coefficient (Wildman–Crippen LogP) is 1.41. The summed E-state index contributed by atoms with van der Waals surface area (Å²) in [4.78, 5) is 23.0. The minimum absolute atomic E-state index is 0.104. The number of aliphatic carboxylic acids is 1. The minimum Gasteiger partial charge on any atom is -0.478 e. The van der Waals surface area contributed by atoms with Gasteiger partial charge in [0.05, 0.1) is 11.5 Å². The molecule has 1 N–H and O–H groups in total. The second-order valence-electron chi connectivity index (χ2n) is 4.42. The number of Topliss-reactive ketones (excluding diaryl/α,β-unsaturated/α-hetero) is 1. The van der Waals surface area contributed by atoms with Crippen molar-refractivity contribution >= 4 is 11.8 Å². The molecule has 4 nitrogen and oxygen atoms in total. The van der Waals surface area contributed by atoms with Crippen LogP contribution in [0.3, 0.4) is 0 Å². The van der Waals surface area contributed by atoms with Crippen LogP contribution in [-0.4, -0.2) is 22.5 Å². The molecule has 82 valence electrons. The number of hydrogen-bond donors (Lipinski definition) is 1. The molecule has 1 saturated carbocycles. The highest BCUT2D eigenvalue weighted by Gasteiger charge is 2.69. The third-order valence-electron chi connectivity index (χ3n) is 3.28. The lowest BCUT2D eigenvalue weighted by atomic mass is 9.99. The van der Waals surface area contributed by atoms with E-state index in [9.17, 15) is 9.59 Å². The van der Waals surface area contributed by atoms with Crippen LogP contribution < -0.4 is 4.74 Å². The maximum absolute atomic E-state index is 12.0. The molecule has 4 heteroatoms. The number of ketones is 1. The molecule has 2 unspecified atom stereocenters. The van der Waals surface area contributed by atoms with Gasteiger partial charge in [-0.05, 0) is 19.1 Å². The summed E-state index contributed by atoms with van der Waals surface area (Å²) in [5.74, 6) is -1.25. The Kier molecular flexibility index (Phi) is 1.55. The Morgan fingerprint density at radius 1 is 1.56 bits per heavy atom. The fraction of sp³-hybridized carbons (Fsp3) is 0.333. The number of fused-ring (bicyclic) bond motifs is 2. The molecule has 1 aromatic carbocycles. The molecule has 3 rings (SSSR count). The van der Waals surface area contributed by atoms with E-state index < -0.39 is 17.5 Å². The van der Waals surface area contributed by atoms with Crippen molar-refractivity contribution in [2.24, 2.45) is 5.92 Å². The maximum atomic E-state index is 12.0. The van der Waals surface area contributed by atoms with Crippen molar-refractivity contribution in [2.45, 2.75) is 18.9 Å². The van der Waals surface area contributed by atoms with Crippen molar-refractivity contribution in [3.8, 4) is 5.75 Å². The zero-order valence-electron chi connectivity index (χ0n) is 8.69. The van der Waals surface area contributed by atoms with Crippen molar-refractivity contribution in [2.75, 3.05) is 0 Å². The summed E-state index contributed by atoms with van der Waals surface area (Å²) in [5.41, 5.74) is 0.206. The van der Waals surface area contributed by atoms with Gasteiger partial charge in [0.1, 0.15) is 5.75 Å². The lowest BCUT2D eigenvalue weighted by molar-refractivity contribution is -0.148. The number of carboxylic acids is 1. The third-order valence-corrected chi connectivity index (χ3v) is 3.28. The molecule has 2 aliphatic rings. The van der Waals surface area contributed by atoms with E-state index in [0.29, 0.717) is 11.3 Å². The summed E-state index contributed by atoms with van der Waals surface area (Å²) >= 11 is 0. The molecule has 0 radical (unpaired) electrons. The standard InChI is InChI=1S/C12H10O4/c1-6-2-3-9-7(4-6)10(13)8-5-12(8,16-9)11(14)15/h2-4,8H,5H2,1H3,(H,14,15). The monoisotopic (exact) mass is 218 g/mol. The first kappa shape index (κ1) is 9.39. The Bertz CT molecular complexity index is 520. The fourth-order valence-corrected chi connectivity index (χ4v) is 2.25. The quantitative estimate of drug-likeness (QED) is 0.774. The predicted molar refractivity (Wildman–Crippen MR) is 54.6 cm³/mol. The van der Waals surface area contributed by atoms with Gasteiger partial charge in [-0.2, -0.15) is 0 Å². The van der Waals surface area contributed by atoms with Crippen molar-refractivity contribution in [1.82, 2.24) is 0 Å². The van der Waals surface area contributed by atoms with Gasteiger partial charge in [0.15, 0.2) is 5.78 Å². The van der Waals surface area contributed by atoms with Crippen LogP contribution in [0.15, 0.2) is 18.2 Å². The topological polar surface area (TPSA) is 63.6 Å². The molecule has 1 fully saturated rings. The number of rotatable bonds is 1. The molecule has 0 saturated heterocycles. The Morgan fingerprint density at radius 2 is 2.31 bits per heavy atom. The van der Waals surface area contributed by atoms with Crippen LogP contribution in [0, 0.1) is 12.8 Å². The largest absolute Gasteiger partial charge is 0.478 e. The van der Waals surface area contributed by atoms with Crippen molar-refractivity contribution < 1.29 is 19.4 Å². The molecule has 1 aromatic rings. The number of ether oxygens (including phenoxy) is 1. The van der Waals surface area contributed by atoms with Crippen LogP contribution in [0.25, 0.3) is 0 Å². The smallest absolute Gasteiger partial charge is 0.348 e. The van der Waals surface area contributed by atoms with Gasteiger partial charge in [-0.15, -0.1) is 0 Å². The molecule has 16 heavy (non-hydrogen) atoms. The second-order valence-corrected chi connectivity index (χ2v) is 4.42. The van der Waals surface area contributed by atoms with E-state index in [1.54, 1.807) is 12.1 Å². The van der Waals surface area contributed by atoms with Gasteiger partial charge in [0.25, 0.3) is 0 Å². The molecule has 1 heterocycles. The minimum atomic E-state index is -1.28. The van der Waals surface area contributed by atoms with Gasteiger partial charge in [0.2, 0.25) is 5.60 Å². The van der Waals surface area contributed by atoms with E-state index in [4.69, 9.17) is 9.84 Å². The second kappa shape index (κ2) is 2.64. The number of carbonyl (C=O) groups excluding carboxylic acids is 1. The first-order valence-electron chi connectivity index (χ1n) is 5.12. The highest BCUT2D eigenvalue weighted by atomic mass is 16.5. The van der Waals surface area contributed by atoms with Gasteiger partial charge in [-0.25, -0.2) is 4.79 Å². The molecule has 1 aliphatic heterocycles.